The fourth-order valence-corrected chi connectivity index (χ4v) is 2.32. The quantitative estimate of drug-likeness (QED) is 0.808. The van der Waals surface area contributed by atoms with Gasteiger partial charge in [0.2, 0.25) is 0 Å². The van der Waals surface area contributed by atoms with Crippen molar-refractivity contribution in [3.05, 3.63) is 41.5 Å². The highest BCUT2D eigenvalue weighted by atomic mass is 16.5. The molecule has 0 saturated carbocycles. The molecule has 0 spiro atoms. The third-order valence-corrected chi connectivity index (χ3v) is 3.52. The Labute approximate surface area is 110 Å². The molecule has 1 heterocycles. The van der Waals surface area contributed by atoms with Crippen molar-refractivity contribution in [3.63, 3.8) is 0 Å². The van der Waals surface area contributed by atoms with Crippen LogP contribution in [0.15, 0.2) is 30.3 Å². The molecule has 0 aliphatic carbocycles. The largest absolute Gasteiger partial charge is 0.379 e. The first-order valence-corrected chi connectivity index (χ1v) is 6.86. The molecule has 0 amide bonds. The number of ether oxygens (including phenoxy) is 1. The van der Waals surface area contributed by atoms with Crippen molar-refractivity contribution in [2.75, 3.05) is 26.3 Å². The minimum Gasteiger partial charge on any atom is -0.379 e. The smallest absolute Gasteiger partial charge is 0.0594 e. The lowest BCUT2D eigenvalue weighted by molar-refractivity contribution is 0.0252. The maximum absolute atomic E-state index is 5.40. The molecule has 2 rings (SSSR count). The van der Waals surface area contributed by atoms with Gasteiger partial charge in [0, 0.05) is 19.1 Å². The third-order valence-electron chi connectivity index (χ3n) is 3.52. The predicted octanol–water partition coefficient (Wildman–Crippen LogP) is 3.12. The Hall–Kier alpha value is -1.12. The van der Waals surface area contributed by atoms with Gasteiger partial charge < -0.3 is 4.74 Å². The number of hydrogen-bond donors (Lipinski definition) is 0. The highest BCUT2D eigenvalue weighted by molar-refractivity contribution is 5.50. The zero-order chi connectivity index (χ0) is 12.8. The van der Waals surface area contributed by atoms with E-state index >= 15 is 0 Å². The van der Waals surface area contributed by atoms with Crippen LogP contribution in [0.3, 0.4) is 0 Å². The van der Waals surface area contributed by atoms with Crippen molar-refractivity contribution >= 4 is 6.08 Å². The summed E-state index contributed by atoms with van der Waals surface area (Å²) in [5, 5.41) is 0. The van der Waals surface area contributed by atoms with Crippen molar-refractivity contribution in [1.82, 2.24) is 4.90 Å². The molecule has 0 aromatic heterocycles. The molecular formula is C16H23NO. The summed E-state index contributed by atoms with van der Waals surface area (Å²) in [4.78, 5) is 2.51. The summed E-state index contributed by atoms with van der Waals surface area (Å²) in [6.07, 6.45) is 5.72. The molecule has 1 saturated heterocycles. The van der Waals surface area contributed by atoms with Crippen LogP contribution in [-0.2, 0) is 4.74 Å². The molecule has 0 radical (unpaired) electrons. The van der Waals surface area contributed by atoms with Crippen LogP contribution < -0.4 is 0 Å². The number of morpholine rings is 1. The second-order valence-corrected chi connectivity index (χ2v) is 4.89. The van der Waals surface area contributed by atoms with E-state index in [4.69, 9.17) is 4.74 Å². The normalized spacial score (nSPS) is 19.2. The summed E-state index contributed by atoms with van der Waals surface area (Å²) in [5.74, 6) is 0. The van der Waals surface area contributed by atoms with Gasteiger partial charge in [0.15, 0.2) is 0 Å². The van der Waals surface area contributed by atoms with Crippen LogP contribution >= 0.6 is 0 Å². The number of hydrogen-bond acceptors (Lipinski definition) is 2. The number of nitrogens with zero attached hydrogens (tertiary/aromatic N) is 1. The maximum atomic E-state index is 5.40. The van der Waals surface area contributed by atoms with Crippen LogP contribution in [0.5, 0.6) is 0 Å². The van der Waals surface area contributed by atoms with E-state index in [1.807, 2.05) is 0 Å². The highest BCUT2D eigenvalue weighted by Gasteiger charge is 2.16. The van der Waals surface area contributed by atoms with Gasteiger partial charge in [0.05, 0.1) is 13.2 Å². The van der Waals surface area contributed by atoms with E-state index in [-0.39, 0.29) is 0 Å². The molecule has 0 N–H and O–H groups in total. The van der Waals surface area contributed by atoms with E-state index in [0.717, 1.165) is 32.7 Å². The molecule has 0 bridgehead atoms. The van der Waals surface area contributed by atoms with E-state index in [0.29, 0.717) is 6.04 Å². The van der Waals surface area contributed by atoms with Gasteiger partial charge in [-0.1, -0.05) is 48.9 Å². The molecule has 1 aliphatic rings. The average molecular weight is 245 g/mol. The lowest BCUT2D eigenvalue weighted by Crippen LogP contribution is -2.42. The van der Waals surface area contributed by atoms with E-state index in [9.17, 15) is 0 Å². The van der Waals surface area contributed by atoms with Crippen molar-refractivity contribution in [2.24, 2.45) is 0 Å². The van der Waals surface area contributed by atoms with Crippen molar-refractivity contribution in [3.8, 4) is 0 Å². The standard InChI is InChI=1S/C16H23NO/c1-3-16(17-10-12-18-13-11-17)9-8-15-6-4-14(2)5-7-15/h4-9,16H,3,10-13H2,1-2H3. The first-order chi connectivity index (χ1) is 8.79. The Morgan fingerprint density at radius 3 is 2.50 bits per heavy atom. The van der Waals surface area contributed by atoms with Gasteiger partial charge in [-0.05, 0) is 18.9 Å². The second-order valence-electron chi connectivity index (χ2n) is 4.89. The molecule has 1 aromatic rings. The summed E-state index contributed by atoms with van der Waals surface area (Å²) < 4.78 is 5.40. The minimum atomic E-state index is 0.537. The molecule has 2 heteroatoms. The Kier molecular flexibility index (Phi) is 4.97. The fourth-order valence-electron chi connectivity index (χ4n) is 2.32. The fraction of sp³-hybridized carbons (Fsp3) is 0.500. The van der Waals surface area contributed by atoms with Crippen LogP contribution in [0, 0.1) is 6.92 Å². The number of aryl methyl sites for hydroxylation is 1. The third kappa shape index (κ3) is 3.69. The number of rotatable bonds is 4. The summed E-state index contributed by atoms with van der Waals surface area (Å²) >= 11 is 0. The highest BCUT2D eigenvalue weighted by Crippen LogP contribution is 2.12. The van der Waals surface area contributed by atoms with Gasteiger partial charge in [-0.2, -0.15) is 0 Å². The van der Waals surface area contributed by atoms with Crippen molar-refractivity contribution in [2.45, 2.75) is 26.3 Å². The molecule has 1 unspecified atom stereocenters. The molecule has 2 nitrogen and oxygen atoms in total. The van der Waals surface area contributed by atoms with Gasteiger partial charge >= 0.3 is 0 Å². The van der Waals surface area contributed by atoms with Gasteiger partial charge in [-0.25, -0.2) is 0 Å². The Balaban J connectivity index is 1.98. The first kappa shape index (κ1) is 13.3. The Morgan fingerprint density at radius 2 is 1.89 bits per heavy atom. The Bertz CT molecular complexity index is 377. The molecule has 1 fully saturated rings. The van der Waals surface area contributed by atoms with Crippen LogP contribution in [-0.4, -0.2) is 37.2 Å². The lowest BCUT2D eigenvalue weighted by atomic mass is 10.1. The van der Waals surface area contributed by atoms with Crippen molar-refractivity contribution in [1.29, 1.82) is 0 Å². The van der Waals surface area contributed by atoms with Gasteiger partial charge in [0.1, 0.15) is 0 Å². The zero-order valence-corrected chi connectivity index (χ0v) is 11.4. The lowest BCUT2D eigenvalue weighted by Gasteiger charge is -2.32. The molecule has 1 atom stereocenters. The maximum Gasteiger partial charge on any atom is 0.0594 e. The topological polar surface area (TPSA) is 12.5 Å². The molecule has 18 heavy (non-hydrogen) atoms. The molecule has 1 aliphatic heterocycles. The van der Waals surface area contributed by atoms with Crippen LogP contribution in [0.1, 0.15) is 24.5 Å². The summed E-state index contributed by atoms with van der Waals surface area (Å²) in [5.41, 5.74) is 2.60. The first-order valence-electron chi connectivity index (χ1n) is 6.86. The van der Waals surface area contributed by atoms with Crippen LogP contribution in [0.4, 0.5) is 0 Å². The van der Waals surface area contributed by atoms with Gasteiger partial charge in [-0.15, -0.1) is 0 Å². The molecular weight excluding hydrogens is 222 g/mol. The average Bonchev–Trinajstić information content (AvgIpc) is 2.43. The van der Waals surface area contributed by atoms with Crippen molar-refractivity contribution < 1.29 is 4.74 Å². The zero-order valence-electron chi connectivity index (χ0n) is 11.4. The summed E-state index contributed by atoms with van der Waals surface area (Å²) in [7, 11) is 0. The van der Waals surface area contributed by atoms with Crippen LogP contribution in [0.2, 0.25) is 0 Å². The van der Waals surface area contributed by atoms with E-state index in [2.05, 4.69) is 55.2 Å². The van der Waals surface area contributed by atoms with E-state index < -0.39 is 0 Å². The second kappa shape index (κ2) is 6.72. The van der Waals surface area contributed by atoms with Crippen LogP contribution in [0.25, 0.3) is 6.08 Å². The van der Waals surface area contributed by atoms with E-state index in [1.54, 1.807) is 0 Å². The predicted molar refractivity (Wildman–Crippen MR) is 76.7 cm³/mol. The monoisotopic (exact) mass is 245 g/mol. The van der Waals surface area contributed by atoms with E-state index in [1.165, 1.54) is 11.1 Å². The number of benzene rings is 1. The minimum absolute atomic E-state index is 0.537. The molecule has 98 valence electrons. The summed E-state index contributed by atoms with van der Waals surface area (Å²) in [6.45, 7) is 8.22. The summed E-state index contributed by atoms with van der Waals surface area (Å²) in [6, 6.07) is 9.22. The van der Waals surface area contributed by atoms with Gasteiger partial charge in [0.25, 0.3) is 0 Å². The Morgan fingerprint density at radius 1 is 1.22 bits per heavy atom. The molecule has 1 aromatic carbocycles. The SMILES string of the molecule is CCC(C=Cc1ccc(C)cc1)N1CCOCC1. The van der Waals surface area contributed by atoms with Gasteiger partial charge in [-0.3, -0.25) is 4.90 Å².